The minimum absolute atomic E-state index is 0.139. The van der Waals surface area contributed by atoms with Crippen molar-refractivity contribution in [2.75, 3.05) is 5.73 Å². The molecular weight excluding hydrogens is 294 g/mol. The van der Waals surface area contributed by atoms with E-state index in [1.165, 1.54) is 16.0 Å². The molecule has 0 aliphatic carbocycles. The van der Waals surface area contributed by atoms with Gasteiger partial charge in [0.1, 0.15) is 5.52 Å². The second-order valence-electron chi connectivity index (χ2n) is 4.53. The van der Waals surface area contributed by atoms with Gasteiger partial charge in [-0.1, -0.05) is 0 Å². The Balaban J connectivity index is 2.16. The summed E-state index contributed by atoms with van der Waals surface area (Å²) >= 11 is 5.79. The normalized spacial score (nSPS) is 11.3. The maximum atomic E-state index is 12.5. The van der Waals surface area contributed by atoms with Crippen LogP contribution >= 0.6 is 24.0 Å². The molecule has 0 unspecified atom stereocenters. The first-order valence-electron chi connectivity index (χ1n) is 5.93. The zero-order chi connectivity index (χ0) is 14.4. The first kappa shape index (κ1) is 13.2. The summed E-state index contributed by atoms with van der Waals surface area (Å²) in [4.78, 5) is 18.2. The Kier molecular flexibility index (Phi) is 3.06. The fourth-order valence-corrected chi connectivity index (χ4v) is 3.13. The molecule has 3 aromatic heterocycles. The zero-order valence-corrected chi connectivity index (χ0v) is 12.7. The molecule has 0 saturated carbocycles. The molecule has 0 saturated heterocycles. The number of nitrogen functional groups attached to an aromatic ring is 1. The molecule has 0 radical (unpaired) electrons. The largest absolute Gasteiger partial charge is 0.375 e. The number of thiol groups is 1. The van der Waals surface area contributed by atoms with E-state index in [4.69, 9.17) is 5.73 Å². The third-order valence-electron chi connectivity index (χ3n) is 3.33. The van der Waals surface area contributed by atoms with Gasteiger partial charge in [-0.05, 0) is 6.92 Å². The van der Waals surface area contributed by atoms with E-state index < -0.39 is 0 Å². The molecule has 8 heteroatoms. The lowest BCUT2D eigenvalue weighted by Gasteiger charge is -2.03. The van der Waals surface area contributed by atoms with E-state index >= 15 is 0 Å². The number of nitrogens with zero attached hydrogens (tertiary/aromatic N) is 4. The molecule has 0 fully saturated rings. The van der Waals surface area contributed by atoms with E-state index in [0.717, 1.165) is 20.9 Å². The Morgan fingerprint density at radius 2 is 2.20 bits per heavy atom. The number of rotatable bonds is 2. The van der Waals surface area contributed by atoms with Crippen LogP contribution in [0.1, 0.15) is 10.6 Å². The summed E-state index contributed by atoms with van der Waals surface area (Å²) < 4.78 is 3.27. The third-order valence-corrected chi connectivity index (χ3v) is 4.71. The highest BCUT2D eigenvalue weighted by Crippen LogP contribution is 2.25. The monoisotopic (exact) mass is 307 g/mol. The molecule has 3 rings (SSSR count). The molecule has 2 N–H and O–H groups in total. The Morgan fingerprint density at radius 3 is 2.85 bits per heavy atom. The molecule has 3 heterocycles. The molecule has 0 aliphatic heterocycles. The first-order valence-corrected chi connectivity index (χ1v) is 7.19. The van der Waals surface area contributed by atoms with Crippen molar-refractivity contribution in [3.63, 3.8) is 0 Å². The Morgan fingerprint density at radius 1 is 1.45 bits per heavy atom. The molecule has 6 nitrogen and oxygen atoms in total. The molecule has 0 atom stereocenters. The summed E-state index contributed by atoms with van der Waals surface area (Å²) in [7, 11) is 1.85. The third kappa shape index (κ3) is 1.92. The number of anilines is 1. The Bertz CT molecular complexity index is 861. The predicted molar refractivity (Wildman–Crippen MR) is 82.6 cm³/mol. The van der Waals surface area contributed by atoms with Crippen molar-refractivity contribution in [3.05, 3.63) is 33.3 Å². The summed E-state index contributed by atoms with van der Waals surface area (Å²) in [6.07, 6.45) is 3.34. The van der Waals surface area contributed by atoms with Crippen LogP contribution in [0.4, 0.5) is 5.13 Å². The Hall–Kier alpha value is -1.80. The average Bonchev–Trinajstić information content (AvgIpc) is 2.91. The summed E-state index contributed by atoms with van der Waals surface area (Å²) in [6.45, 7) is 2.30. The van der Waals surface area contributed by atoms with E-state index in [2.05, 4.69) is 22.7 Å². The quantitative estimate of drug-likeness (QED) is 0.702. The standard InChI is InChI=1S/C12H13N5OS2/c1-6-10(19)8-4-15-17(11(18)9(8)16(6)2)5-7-3-14-12(13)20-7/h3-4,19H,5H2,1-2H3,(H2,13,14). The topological polar surface area (TPSA) is 78.7 Å². The van der Waals surface area contributed by atoms with Crippen molar-refractivity contribution in [1.29, 1.82) is 0 Å². The molecule has 20 heavy (non-hydrogen) atoms. The van der Waals surface area contributed by atoms with Crippen LogP contribution in [-0.2, 0) is 13.6 Å². The highest BCUT2D eigenvalue weighted by atomic mass is 32.1. The van der Waals surface area contributed by atoms with Crippen LogP contribution in [0.3, 0.4) is 0 Å². The van der Waals surface area contributed by atoms with Crippen LogP contribution < -0.4 is 11.3 Å². The minimum Gasteiger partial charge on any atom is -0.375 e. The van der Waals surface area contributed by atoms with E-state index in [1.54, 1.807) is 12.4 Å². The van der Waals surface area contributed by atoms with Gasteiger partial charge in [0.05, 0.1) is 12.7 Å². The van der Waals surface area contributed by atoms with Crippen molar-refractivity contribution >= 4 is 40.0 Å². The summed E-state index contributed by atoms with van der Waals surface area (Å²) in [5.41, 5.74) is 7.01. The van der Waals surface area contributed by atoms with Gasteiger partial charge in [0.2, 0.25) is 0 Å². The first-order chi connectivity index (χ1) is 9.49. The van der Waals surface area contributed by atoms with Crippen LogP contribution in [0.5, 0.6) is 0 Å². The van der Waals surface area contributed by atoms with Crippen molar-refractivity contribution < 1.29 is 0 Å². The van der Waals surface area contributed by atoms with Gasteiger partial charge in [0.15, 0.2) is 5.13 Å². The second kappa shape index (κ2) is 4.64. The molecule has 0 spiro atoms. The zero-order valence-electron chi connectivity index (χ0n) is 11.0. The van der Waals surface area contributed by atoms with Gasteiger partial charge in [-0.15, -0.1) is 24.0 Å². The lowest BCUT2D eigenvalue weighted by Crippen LogP contribution is -2.24. The van der Waals surface area contributed by atoms with E-state index in [0.29, 0.717) is 17.2 Å². The number of hydrogen-bond donors (Lipinski definition) is 2. The lowest BCUT2D eigenvalue weighted by atomic mass is 10.3. The van der Waals surface area contributed by atoms with Crippen LogP contribution in [0.25, 0.3) is 10.9 Å². The number of aryl methyl sites for hydroxylation is 1. The van der Waals surface area contributed by atoms with Crippen molar-refractivity contribution in [3.8, 4) is 0 Å². The van der Waals surface area contributed by atoms with E-state index in [1.807, 2.05) is 18.5 Å². The molecule has 0 amide bonds. The number of hydrogen-bond acceptors (Lipinski definition) is 6. The van der Waals surface area contributed by atoms with Gasteiger partial charge in [0.25, 0.3) is 5.56 Å². The van der Waals surface area contributed by atoms with Crippen molar-refractivity contribution in [1.82, 2.24) is 19.3 Å². The van der Waals surface area contributed by atoms with Crippen molar-refractivity contribution in [2.45, 2.75) is 18.4 Å². The highest BCUT2D eigenvalue weighted by Gasteiger charge is 2.15. The minimum atomic E-state index is -0.139. The van der Waals surface area contributed by atoms with Gasteiger partial charge in [-0.25, -0.2) is 9.67 Å². The molecule has 0 aliphatic rings. The fourth-order valence-electron chi connectivity index (χ4n) is 2.15. The molecular formula is C12H13N5OS2. The maximum Gasteiger partial charge on any atom is 0.291 e. The van der Waals surface area contributed by atoms with Gasteiger partial charge < -0.3 is 10.3 Å². The fraction of sp³-hybridized carbons (Fsp3) is 0.250. The SMILES string of the molecule is Cc1c(S)c2cnn(Cc3cnc(N)s3)c(=O)c2n1C. The van der Waals surface area contributed by atoms with E-state index in [-0.39, 0.29) is 5.56 Å². The number of nitrogens with two attached hydrogens (primary N) is 1. The van der Waals surface area contributed by atoms with Crippen LogP contribution in [-0.4, -0.2) is 19.3 Å². The van der Waals surface area contributed by atoms with Crippen molar-refractivity contribution in [2.24, 2.45) is 7.05 Å². The predicted octanol–water partition coefficient (Wildman–Crippen LogP) is 1.42. The van der Waals surface area contributed by atoms with Crippen LogP contribution in [0.15, 0.2) is 22.1 Å². The lowest BCUT2D eigenvalue weighted by molar-refractivity contribution is 0.649. The van der Waals surface area contributed by atoms with Gasteiger partial charge >= 0.3 is 0 Å². The number of fused-ring (bicyclic) bond motifs is 1. The molecule has 0 aromatic carbocycles. The van der Waals surface area contributed by atoms with Crippen LogP contribution in [0.2, 0.25) is 0 Å². The highest BCUT2D eigenvalue weighted by molar-refractivity contribution is 7.80. The number of thiazole rings is 1. The molecule has 3 aromatic rings. The maximum absolute atomic E-state index is 12.5. The number of aromatic nitrogens is 4. The summed E-state index contributed by atoms with van der Waals surface area (Å²) in [5, 5.41) is 5.47. The van der Waals surface area contributed by atoms with Gasteiger partial charge in [-0.3, -0.25) is 4.79 Å². The Labute approximate surface area is 124 Å². The van der Waals surface area contributed by atoms with Gasteiger partial charge in [0, 0.05) is 34.1 Å². The van der Waals surface area contributed by atoms with Crippen LogP contribution in [0, 0.1) is 6.92 Å². The van der Waals surface area contributed by atoms with E-state index in [9.17, 15) is 4.79 Å². The molecule has 0 bridgehead atoms. The smallest absolute Gasteiger partial charge is 0.291 e. The second-order valence-corrected chi connectivity index (χ2v) is 6.12. The molecule has 104 valence electrons. The van der Waals surface area contributed by atoms with Gasteiger partial charge in [-0.2, -0.15) is 5.10 Å². The summed E-state index contributed by atoms with van der Waals surface area (Å²) in [5.74, 6) is 0. The summed E-state index contributed by atoms with van der Waals surface area (Å²) in [6, 6.07) is 0. The average molecular weight is 307 g/mol.